The van der Waals surface area contributed by atoms with Gasteiger partial charge in [-0.15, -0.1) is 0 Å². The third kappa shape index (κ3) is 4.73. The number of sulfonamides is 1. The van der Waals surface area contributed by atoms with Gasteiger partial charge in [0.05, 0.1) is 13.7 Å². The molecule has 0 bridgehead atoms. The van der Waals surface area contributed by atoms with Crippen molar-refractivity contribution >= 4 is 27.5 Å². The van der Waals surface area contributed by atoms with Crippen molar-refractivity contribution in [2.24, 2.45) is 5.73 Å². The van der Waals surface area contributed by atoms with Crippen molar-refractivity contribution in [3.05, 3.63) is 53.6 Å². The van der Waals surface area contributed by atoms with Crippen LogP contribution >= 0.6 is 0 Å². The second-order valence-corrected chi connectivity index (χ2v) is 7.14. The smallest absolute Gasteiger partial charge is 0.265 e. The molecular weight excluding hydrogens is 358 g/mol. The number of anilines is 1. The Hall–Kier alpha value is -3.07. The van der Waals surface area contributed by atoms with Crippen molar-refractivity contribution in [3.63, 3.8) is 0 Å². The van der Waals surface area contributed by atoms with Gasteiger partial charge in [-0.2, -0.15) is 0 Å². The highest BCUT2D eigenvalue weighted by Crippen LogP contribution is 2.27. The van der Waals surface area contributed by atoms with Gasteiger partial charge < -0.3 is 15.8 Å². The maximum absolute atomic E-state index is 12.7. The third-order valence-electron chi connectivity index (χ3n) is 3.44. The fourth-order valence-corrected chi connectivity index (χ4v) is 3.38. The van der Waals surface area contributed by atoms with Crippen LogP contribution in [0.3, 0.4) is 0 Å². The SMILES string of the molecule is COc1ccc(C(=O)NCC(N)=O)cc1S(=O)(=O)Nc1ccc(C)cc1. The van der Waals surface area contributed by atoms with Gasteiger partial charge in [0.25, 0.3) is 15.9 Å². The number of rotatable bonds is 7. The summed E-state index contributed by atoms with van der Waals surface area (Å²) in [7, 11) is -2.68. The number of amides is 2. The Labute approximate surface area is 151 Å². The highest BCUT2D eigenvalue weighted by Gasteiger charge is 2.22. The van der Waals surface area contributed by atoms with Gasteiger partial charge in [0.2, 0.25) is 5.91 Å². The molecule has 26 heavy (non-hydrogen) atoms. The quantitative estimate of drug-likeness (QED) is 0.664. The summed E-state index contributed by atoms with van der Waals surface area (Å²) in [6, 6.07) is 10.7. The minimum Gasteiger partial charge on any atom is -0.495 e. The van der Waals surface area contributed by atoms with Crippen molar-refractivity contribution in [2.75, 3.05) is 18.4 Å². The van der Waals surface area contributed by atoms with Gasteiger partial charge in [-0.3, -0.25) is 14.3 Å². The first-order chi connectivity index (χ1) is 12.2. The molecule has 0 spiro atoms. The van der Waals surface area contributed by atoms with E-state index in [1.807, 2.05) is 6.92 Å². The maximum Gasteiger partial charge on any atom is 0.265 e. The third-order valence-corrected chi connectivity index (χ3v) is 4.84. The minimum atomic E-state index is -4.00. The molecule has 8 nitrogen and oxygen atoms in total. The monoisotopic (exact) mass is 377 g/mol. The molecule has 0 saturated heterocycles. The van der Waals surface area contributed by atoms with E-state index in [-0.39, 0.29) is 22.8 Å². The van der Waals surface area contributed by atoms with Gasteiger partial charge in [0.15, 0.2) is 0 Å². The Morgan fingerprint density at radius 1 is 1.12 bits per heavy atom. The van der Waals surface area contributed by atoms with E-state index in [1.54, 1.807) is 24.3 Å². The van der Waals surface area contributed by atoms with E-state index >= 15 is 0 Å². The average molecular weight is 377 g/mol. The number of aryl methyl sites for hydroxylation is 1. The van der Waals surface area contributed by atoms with Crippen LogP contribution in [0.2, 0.25) is 0 Å². The zero-order valence-corrected chi connectivity index (χ0v) is 15.1. The molecule has 2 rings (SSSR count). The topological polar surface area (TPSA) is 128 Å². The van der Waals surface area contributed by atoms with Crippen molar-refractivity contribution in [1.29, 1.82) is 0 Å². The zero-order chi connectivity index (χ0) is 19.3. The minimum absolute atomic E-state index is 0.0522. The van der Waals surface area contributed by atoms with Crippen LogP contribution in [0.1, 0.15) is 15.9 Å². The van der Waals surface area contributed by atoms with Crippen LogP contribution in [-0.2, 0) is 14.8 Å². The zero-order valence-electron chi connectivity index (χ0n) is 14.3. The number of nitrogens with one attached hydrogen (secondary N) is 2. The molecule has 138 valence electrons. The van der Waals surface area contributed by atoms with Crippen LogP contribution in [-0.4, -0.2) is 33.9 Å². The molecule has 0 aliphatic heterocycles. The molecule has 0 radical (unpaired) electrons. The van der Waals surface area contributed by atoms with Crippen LogP contribution in [0.25, 0.3) is 0 Å². The highest BCUT2D eigenvalue weighted by molar-refractivity contribution is 7.92. The molecule has 2 aromatic carbocycles. The van der Waals surface area contributed by atoms with Crippen molar-refractivity contribution in [3.8, 4) is 5.75 Å². The first kappa shape index (κ1) is 19.3. The Kier molecular flexibility index (Phi) is 5.83. The first-order valence-corrected chi connectivity index (χ1v) is 9.05. The lowest BCUT2D eigenvalue weighted by Crippen LogP contribution is -2.33. The van der Waals surface area contributed by atoms with Crippen LogP contribution < -0.4 is 20.5 Å². The fraction of sp³-hybridized carbons (Fsp3) is 0.176. The Bertz CT molecular complexity index is 924. The van der Waals surface area contributed by atoms with Gasteiger partial charge in [0.1, 0.15) is 10.6 Å². The largest absolute Gasteiger partial charge is 0.495 e. The summed E-state index contributed by atoms with van der Waals surface area (Å²) in [5.41, 5.74) is 6.39. The Morgan fingerprint density at radius 2 is 1.77 bits per heavy atom. The lowest BCUT2D eigenvalue weighted by Gasteiger charge is -2.13. The second kappa shape index (κ2) is 7.87. The number of carbonyl (C=O) groups excluding carboxylic acids is 2. The predicted molar refractivity (Wildman–Crippen MR) is 96.5 cm³/mol. The number of carbonyl (C=O) groups is 2. The number of hydrogen-bond donors (Lipinski definition) is 3. The van der Waals surface area contributed by atoms with E-state index < -0.39 is 21.8 Å². The molecule has 9 heteroatoms. The molecule has 0 heterocycles. The summed E-state index contributed by atoms with van der Waals surface area (Å²) >= 11 is 0. The Morgan fingerprint density at radius 3 is 2.35 bits per heavy atom. The molecule has 0 atom stereocenters. The van der Waals surface area contributed by atoms with Gasteiger partial charge in [-0.1, -0.05) is 17.7 Å². The van der Waals surface area contributed by atoms with Crippen molar-refractivity contribution in [2.45, 2.75) is 11.8 Å². The lowest BCUT2D eigenvalue weighted by molar-refractivity contribution is -0.117. The number of benzene rings is 2. The number of methoxy groups -OCH3 is 1. The molecule has 0 aliphatic rings. The van der Waals surface area contributed by atoms with E-state index in [1.165, 1.54) is 25.3 Å². The number of hydrogen-bond acceptors (Lipinski definition) is 5. The molecule has 2 amide bonds. The van der Waals surface area contributed by atoms with E-state index in [2.05, 4.69) is 10.0 Å². The van der Waals surface area contributed by atoms with Gasteiger partial charge >= 0.3 is 0 Å². The van der Waals surface area contributed by atoms with Gasteiger partial charge in [-0.25, -0.2) is 8.42 Å². The fourth-order valence-electron chi connectivity index (χ4n) is 2.13. The number of primary amides is 1. The predicted octanol–water partition coefficient (Wildman–Crippen LogP) is 1.02. The summed E-state index contributed by atoms with van der Waals surface area (Å²) in [5, 5.41) is 2.30. The standard InChI is InChI=1S/C17H19N3O5S/c1-11-3-6-13(7-4-11)20-26(23,24)15-9-12(5-8-14(15)25-2)17(22)19-10-16(18)21/h3-9,20H,10H2,1-2H3,(H2,18,21)(H,19,22). The molecule has 0 fully saturated rings. The van der Waals surface area contributed by atoms with E-state index in [4.69, 9.17) is 10.5 Å². The maximum atomic E-state index is 12.7. The number of ether oxygens (including phenoxy) is 1. The van der Waals surface area contributed by atoms with Crippen molar-refractivity contribution < 1.29 is 22.7 Å². The second-order valence-electron chi connectivity index (χ2n) is 5.49. The van der Waals surface area contributed by atoms with Crippen LogP contribution in [0, 0.1) is 6.92 Å². The van der Waals surface area contributed by atoms with E-state index in [9.17, 15) is 18.0 Å². The molecule has 0 unspecified atom stereocenters. The Balaban J connectivity index is 2.35. The average Bonchev–Trinajstić information content (AvgIpc) is 2.60. The van der Waals surface area contributed by atoms with Crippen molar-refractivity contribution in [1.82, 2.24) is 5.32 Å². The molecule has 0 saturated carbocycles. The molecule has 4 N–H and O–H groups in total. The first-order valence-electron chi connectivity index (χ1n) is 7.57. The molecule has 0 aromatic heterocycles. The molecular formula is C17H19N3O5S. The summed E-state index contributed by atoms with van der Waals surface area (Å²) in [6.07, 6.45) is 0. The molecule has 2 aromatic rings. The van der Waals surface area contributed by atoms with Crippen LogP contribution in [0.5, 0.6) is 5.75 Å². The summed E-state index contributed by atoms with van der Waals surface area (Å²) < 4.78 is 33.0. The summed E-state index contributed by atoms with van der Waals surface area (Å²) in [4.78, 5) is 22.6. The lowest BCUT2D eigenvalue weighted by atomic mass is 10.2. The number of nitrogens with two attached hydrogens (primary N) is 1. The van der Waals surface area contributed by atoms with Gasteiger partial charge in [-0.05, 0) is 37.3 Å². The highest BCUT2D eigenvalue weighted by atomic mass is 32.2. The van der Waals surface area contributed by atoms with Crippen LogP contribution in [0.4, 0.5) is 5.69 Å². The van der Waals surface area contributed by atoms with E-state index in [0.29, 0.717) is 5.69 Å². The summed E-state index contributed by atoms with van der Waals surface area (Å²) in [6.45, 7) is 1.53. The van der Waals surface area contributed by atoms with Gasteiger partial charge in [0, 0.05) is 11.3 Å². The van der Waals surface area contributed by atoms with Crippen LogP contribution in [0.15, 0.2) is 47.4 Å². The molecule has 0 aliphatic carbocycles. The van der Waals surface area contributed by atoms with E-state index in [0.717, 1.165) is 5.56 Å². The summed E-state index contributed by atoms with van der Waals surface area (Å²) in [5.74, 6) is -1.25. The normalized spacial score (nSPS) is 10.8.